The summed E-state index contributed by atoms with van der Waals surface area (Å²) in [5.41, 5.74) is 1.09. The molecule has 0 bridgehead atoms. The highest BCUT2D eigenvalue weighted by molar-refractivity contribution is 6.31. The zero-order valence-corrected chi connectivity index (χ0v) is 15.9. The third-order valence-electron chi connectivity index (χ3n) is 4.33. The SMILES string of the molecule is CCOc1ccccc1NC(=O)C1CC1C(=O)Nc1cc(Cl)ccc1OC. The van der Waals surface area contributed by atoms with Crippen molar-refractivity contribution in [3.63, 3.8) is 0 Å². The Bertz CT molecular complexity index is 856. The van der Waals surface area contributed by atoms with Gasteiger partial charge in [0.15, 0.2) is 0 Å². The first-order valence-corrected chi connectivity index (χ1v) is 9.08. The lowest BCUT2D eigenvalue weighted by Gasteiger charge is -2.12. The van der Waals surface area contributed by atoms with Crippen LogP contribution in [-0.4, -0.2) is 25.5 Å². The van der Waals surface area contributed by atoms with Gasteiger partial charge in [0, 0.05) is 5.02 Å². The van der Waals surface area contributed by atoms with Crippen molar-refractivity contribution >= 4 is 34.8 Å². The normalized spacial score (nSPS) is 17.7. The second-order valence-corrected chi connectivity index (χ2v) is 6.64. The second-order valence-electron chi connectivity index (χ2n) is 6.20. The van der Waals surface area contributed by atoms with Crippen LogP contribution in [0.5, 0.6) is 11.5 Å². The van der Waals surface area contributed by atoms with E-state index in [0.717, 1.165) is 0 Å². The maximum atomic E-state index is 12.5. The number of ether oxygens (including phenoxy) is 2. The predicted octanol–water partition coefficient (Wildman–Crippen LogP) is 3.96. The molecule has 2 aromatic rings. The van der Waals surface area contributed by atoms with E-state index in [1.807, 2.05) is 19.1 Å². The van der Waals surface area contributed by atoms with Gasteiger partial charge in [0.1, 0.15) is 11.5 Å². The zero-order chi connectivity index (χ0) is 19.4. The average molecular weight is 389 g/mol. The molecular formula is C20H21ClN2O4. The molecule has 142 valence electrons. The number of hydrogen-bond acceptors (Lipinski definition) is 4. The van der Waals surface area contributed by atoms with E-state index in [0.29, 0.717) is 40.9 Å². The van der Waals surface area contributed by atoms with Gasteiger partial charge in [-0.3, -0.25) is 9.59 Å². The number of benzene rings is 2. The standard InChI is InChI=1S/C20H21ClN2O4/c1-3-27-18-7-5-4-6-15(18)22-19(24)13-11-14(13)20(25)23-16-10-12(21)8-9-17(16)26-2/h4-10,13-14H,3,11H2,1-2H3,(H,22,24)(H,23,25). The fourth-order valence-electron chi connectivity index (χ4n) is 2.85. The Hall–Kier alpha value is -2.73. The number of halogens is 1. The molecule has 1 fully saturated rings. The molecule has 1 saturated carbocycles. The van der Waals surface area contributed by atoms with Gasteiger partial charge in [0.2, 0.25) is 11.8 Å². The number of para-hydroxylation sites is 2. The number of methoxy groups -OCH3 is 1. The molecule has 2 aromatic carbocycles. The fraction of sp³-hybridized carbons (Fsp3) is 0.300. The van der Waals surface area contributed by atoms with Crippen LogP contribution < -0.4 is 20.1 Å². The highest BCUT2D eigenvalue weighted by Crippen LogP contribution is 2.41. The summed E-state index contributed by atoms with van der Waals surface area (Å²) in [5.74, 6) is -0.0503. The Labute approximate surface area is 162 Å². The summed E-state index contributed by atoms with van der Waals surface area (Å²) in [6.07, 6.45) is 0.497. The Kier molecular flexibility index (Phi) is 5.86. The molecule has 0 heterocycles. The molecule has 1 aliphatic carbocycles. The first-order chi connectivity index (χ1) is 13.0. The Morgan fingerprint density at radius 3 is 2.37 bits per heavy atom. The van der Waals surface area contributed by atoms with Crippen molar-refractivity contribution in [3.8, 4) is 11.5 Å². The van der Waals surface area contributed by atoms with Crippen molar-refractivity contribution in [2.75, 3.05) is 24.4 Å². The van der Waals surface area contributed by atoms with Crippen molar-refractivity contribution in [3.05, 3.63) is 47.5 Å². The van der Waals surface area contributed by atoms with Gasteiger partial charge in [0.25, 0.3) is 0 Å². The summed E-state index contributed by atoms with van der Waals surface area (Å²) in [5, 5.41) is 6.13. The lowest BCUT2D eigenvalue weighted by Crippen LogP contribution is -2.21. The van der Waals surface area contributed by atoms with Gasteiger partial charge >= 0.3 is 0 Å². The quantitative estimate of drug-likeness (QED) is 0.752. The molecule has 0 aliphatic heterocycles. The van der Waals surface area contributed by atoms with Crippen molar-refractivity contribution in [1.29, 1.82) is 0 Å². The summed E-state index contributed by atoms with van der Waals surface area (Å²) >= 11 is 5.98. The number of nitrogens with one attached hydrogen (secondary N) is 2. The summed E-state index contributed by atoms with van der Waals surface area (Å²) in [6.45, 7) is 2.38. The molecule has 27 heavy (non-hydrogen) atoms. The van der Waals surface area contributed by atoms with Gasteiger partial charge in [-0.05, 0) is 43.7 Å². The molecule has 7 heteroatoms. The third kappa shape index (κ3) is 4.52. The minimum absolute atomic E-state index is 0.194. The van der Waals surface area contributed by atoms with Crippen molar-refractivity contribution < 1.29 is 19.1 Å². The number of anilines is 2. The number of carbonyl (C=O) groups excluding carboxylic acids is 2. The molecule has 2 atom stereocenters. The molecule has 6 nitrogen and oxygen atoms in total. The number of carbonyl (C=O) groups is 2. The van der Waals surface area contributed by atoms with Crippen LogP contribution in [0.3, 0.4) is 0 Å². The molecule has 0 spiro atoms. The van der Waals surface area contributed by atoms with E-state index in [-0.39, 0.29) is 23.7 Å². The number of rotatable bonds is 7. The molecule has 2 unspecified atom stereocenters. The van der Waals surface area contributed by atoms with Gasteiger partial charge in [-0.25, -0.2) is 0 Å². The van der Waals surface area contributed by atoms with E-state index < -0.39 is 0 Å². The molecule has 2 amide bonds. The van der Waals surface area contributed by atoms with E-state index >= 15 is 0 Å². The Balaban J connectivity index is 1.61. The number of hydrogen-bond donors (Lipinski definition) is 2. The predicted molar refractivity (Wildman–Crippen MR) is 104 cm³/mol. The highest BCUT2D eigenvalue weighted by atomic mass is 35.5. The van der Waals surface area contributed by atoms with Gasteiger partial charge in [-0.15, -0.1) is 0 Å². The molecule has 0 aromatic heterocycles. The van der Waals surface area contributed by atoms with E-state index in [2.05, 4.69) is 10.6 Å². The Morgan fingerprint density at radius 1 is 1.04 bits per heavy atom. The highest BCUT2D eigenvalue weighted by Gasteiger charge is 2.48. The first kappa shape index (κ1) is 19.0. The van der Waals surface area contributed by atoms with Gasteiger partial charge in [-0.1, -0.05) is 23.7 Å². The smallest absolute Gasteiger partial charge is 0.228 e. The number of amides is 2. The van der Waals surface area contributed by atoms with Crippen LogP contribution >= 0.6 is 11.6 Å². The van der Waals surface area contributed by atoms with Crippen LogP contribution in [0.2, 0.25) is 5.02 Å². The topological polar surface area (TPSA) is 76.7 Å². The van der Waals surface area contributed by atoms with Crippen LogP contribution in [0.4, 0.5) is 11.4 Å². The lowest BCUT2D eigenvalue weighted by molar-refractivity contribution is -0.122. The van der Waals surface area contributed by atoms with Crippen LogP contribution in [0.1, 0.15) is 13.3 Å². The molecule has 2 N–H and O–H groups in total. The molecule has 0 saturated heterocycles. The fourth-order valence-corrected chi connectivity index (χ4v) is 3.03. The van der Waals surface area contributed by atoms with Crippen molar-refractivity contribution in [2.24, 2.45) is 11.8 Å². The third-order valence-corrected chi connectivity index (χ3v) is 4.56. The maximum absolute atomic E-state index is 12.5. The zero-order valence-electron chi connectivity index (χ0n) is 15.1. The van der Waals surface area contributed by atoms with E-state index in [1.165, 1.54) is 7.11 Å². The molecule has 0 radical (unpaired) electrons. The lowest BCUT2D eigenvalue weighted by atomic mass is 10.2. The minimum Gasteiger partial charge on any atom is -0.495 e. The summed E-state index contributed by atoms with van der Waals surface area (Å²) in [7, 11) is 1.52. The summed E-state index contributed by atoms with van der Waals surface area (Å²) in [4.78, 5) is 25.0. The second kappa shape index (κ2) is 8.31. The van der Waals surface area contributed by atoms with E-state index in [4.69, 9.17) is 21.1 Å². The molecule has 3 rings (SSSR count). The van der Waals surface area contributed by atoms with E-state index in [1.54, 1.807) is 30.3 Å². The van der Waals surface area contributed by atoms with Crippen LogP contribution in [0.15, 0.2) is 42.5 Å². The van der Waals surface area contributed by atoms with Crippen molar-refractivity contribution in [1.82, 2.24) is 0 Å². The largest absolute Gasteiger partial charge is 0.495 e. The Morgan fingerprint density at radius 2 is 1.70 bits per heavy atom. The maximum Gasteiger partial charge on any atom is 0.228 e. The van der Waals surface area contributed by atoms with Crippen LogP contribution in [0, 0.1) is 11.8 Å². The summed E-state index contributed by atoms with van der Waals surface area (Å²) < 4.78 is 10.7. The van der Waals surface area contributed by atoms with Gasteiger partial charge < -0.3 is 20.1 Å². The minimum atomic E-state index is -0.382. The molecule has 1 aliphatic rings. The first-order valence-electron chi connectivity index (χ1n) is 8.70. The van der Waals surface area contributed by atoms with Crippen LogP contribution in [0.25, 0.3) is 0 Å². The van der Waals surface area contributed by atoms with Gasteiger partial charge in [-0.2, -0.15) is 0 Å². The average Bonchev–Trinajstić information content (AvgIpc) is 3.45. The van der Waals surface area contributed by atoms with E-state index in [9.17, 15) is 9.59 Å². The van der Waals surface area contributed by atoms with Crippen LogP contribution in [-0.2, 0) is 9.59 Å². The monoisotopic (exact) mass is 388 g/mol. The summed E-state index contributed by atoms with van der Waals surface area (Å²) in [6, 6.07) is 12.2. The van der Waals surface area contributed by atoms with Gasteiger partial charge in [0.05, 0.1) is 36.9 Å². The van der Waals surface area contributed by atoms with Crippen molar-refractivity contribution in [2.45, 2.75) is 13.3 Å². The molecular weight excluding hydrogens is 368 g/mol.